The molecule has 1 amide bonds. The Labute approximate surface area is 59.7 Å². The highest BCUT2D eigenvalue weighted by atomic mass is 16.5. The van der Waals surface area contributed by atoms with Gasteiger partial charge in [0.25, 0.3) is 5.91 Å². The molecule has 0 aromatic rings. The van der Waals surface area contributed by atoms with Gasteiger partial charge < -0.3 is 15.9 Å². The van der Waals surface area contributed by atoms with E-state index >= 15 is 0 Å². The lowest BCUT2D eigenvalue weighted by Crippen LogP contribution is -2.53. The first-order valence-corrected chi connectivity index (χ1v) is 2.94. The molecule has 0 unspecified atom stereocenters. The van der Waals surface area contributed by atoms with Crippen molar-refractivity contribution >= 4 is 5.91 Å². The van der Waals surface area contributed by atoms with Gasteiger partial charge in [-0.25, -0.2) is 0 Å². The van der Waals surface area contributed by atoms with E-state index in [1.54, 1.807) is 0 Å². The number of hydrogen-bond acceptors (Lipinski definition) is 3. The van der Waals surface area contributed by atoms with Crippen molar-refractivity contribution in [3.05, 3.63) is 0 Å². The molecule has 0 aromatic heterocycles. The van der Waals surface area contributed by atoms with E-state index in [4.69, 9.17) is 15.9 Å². The van der Waals surface area contributed by atoms with Crippen molar-refractivity contribution < 1.29 is 15.0 Å². The Bertz CT molecular complexity index is 146. The molecule has 0 heterocycles. The third kappa shape index (κ3) is 1.46. The Morgan fingerprint density at radius 3 is 1.60 bits per heavy atom. The number of nitrogens with two attached hydrogens (primary N) is 1. The summed E-state index contributed by atoms with van der Waals surface area (Å²) in [5.41, 5.74) is 3.77. The van der Waals surface area contributed by atoms with Gasteiger partial charge in [0.1, 0.15) is 0 Å². The fraction of sp³-hybridized carbons (Fsp3) is 0.833. The molecule has 0 aliphatic carbocycles. The maximum Gasteiger partial charge on any atom is 0.277 e. The summed E-state index contributed by atoms with van der Waals surface area (Å²) in [7, 11) is 0. The van der Waals surface area contributed by atoms with E-state index in [9.17, 15) is 4.79 Å². The molecule has 0 spiro atoms. The van der Waals surface area contributed by atoms with Crippen LogP contribution in [0, 0.1) is 5.41 Å². The molecule has 0 aromatic carbocycles. The molecule has 4 N–H and O–H groups in total. The summed E-state index contributed by atoms with van der Waals surface area (Å²) in [5, 5.41) is 18.0. The Morgan fingerprint density at radius 1 is 1.30 bits per heavy atom. The molecule has 60 valence electrons. The first kappa shape index (κ1) is 9.39. The molecule has 0 aliphatic rings. The summed E-state index contributed by atoms with van der Waals surface area (Å²) in [6.07, 6.45) is 0. The predicted octanol–water partition coefficient (Wildman–Crippen LogP) is -0.801. The van der Waals surface area contributed by atoms with Crippen molar-refractivity contribution in [1.29, 1.82) is 0 Å². The van der Waals surface area contributed by atoms with Gasteiger partial charge in [-0.2, -0.15) is 0 Å². The van der Waals surface area contributed by atoms with Crippen LogP contribution in [0.2, 0.25) is 0 Å². The third-order valence-corrected chi connectivity index (χ3v) is 1.39. The summed E-state index contributed by atoms with van der Waals surface area (Å²) in [6.45, 7) is 4.54. The minimum Gasteiger partial charge on any atom is -0.365 e. The van der Waals surface area contributed by atoms with Crippen molar-refractivity contribution in [1.82, 2.24) is 0 Å². The van der Waals surface area contributed by atoms with Gasteiger partial charge in [-0.1, -0.05) is 20.8 Å². The first-order chi connectivity index (χ1) is 4.19. The van der Waals surface area contributed by atoms with Gasteiger partial charge in [-0.05, 0) is 0 Å². The van der Waals surface area contributed by atoms with Crippen LogP contribution in [0.4, 0.5) is 0 Å². The maximum absolute atomic E-state index is 10.4. The summed E-state index contributed by atoms with van der Waals surface area (Å²) in [5.74, 6) is -3.55. The van der Waals surface area contributed by atoms with E-state index in [0.29, 0.717) is 0 Å². The second-order valence-electron chi connectivity index (χ2n) is 3.29. The van der Waals surface area contributed by atoms with Crippen LogP contribution in [-0.2, 0) is 4.79 Å². The fourth-order valence-electron chi connectivity index (χ4n) is 0.370. The number of aliphatic hydroxyl groups is 2. The average molecular weight is 147 g/mol. The highest BCUT2D eigenvalue weighted by molar-refractivity contribution is 5.82. The number of amides is 1. The van der Waals surface area contributed by atoms with Gasteiger partial charge in [-0.15, -0.1) is 0 Å². The second-order valence-corrected chi connectivity index (χ2v) is 3.29. The van der Waals surface area contributed by atoms with E-state index in [1.807, 2.05) is 0 Å². The Balaban J connectivity index is 4.57. The number of hydrogen-bond donors (Lipinski definition) is 3. The first-order valence-electron chi connectivity index (χ1n) is 2.94. The molecule has 0 saturated carbocycles. The summed E-state index contributed by atoms with van der Waals surface area (Å²) in [6, 6.07) is 0. The van der Waals surface area contributed by atoms with Gasteiger partial charge in [0.2, 0.25) is 5.79 Å². The number of carbonyl (C=O) groups is 1. The van der Waals surface area contributed by atoms with Crippen molar-refractivity contribution in [2.24, 2.45) is 11.1 Å². The van der Waals surface area contributed by atoms with Crippen LogP contribution in [0.15, 0.2) is 0 Å². The standard InChI is InChI=1S/C6H13NO3/c1-5(2,3)6(9,10)4(7)8/h9-10H,1-3H3,(H2,7,8). The highest BCUT2D eigenvalue weighted by Crippen LogP contribution is 2.26. The van der Waals surface area contributed by atoms with Crippen LogP contribution in [0.1, 0.15) is 20.8 Å². The van der Waals surface area contributed by atoms with Crippen molar-refractivity contribution in [2.45, 2.75) is 26.6 Å². The van der Waals surface area contributed by atoms with E-state index in [0.717, 1.165) is 0 Å². The second kappa shape index (κ2) is 2.21. The average Bonchev–Trinajstić information content (AvgIpc) is 1.62. The van der Waals surface area contributed by atoms with Gasteiger partial charge in [0.15, 0.2) is 0 Å². The molecular weight excluding hydrogens is 134 g/mol. The zero-order chi connectivity index (χ0) is 8.58. The quantitative estimate of drug-likeness (QED) is 0.424. The third-order valence-electron chi connectivity index (χ3n) is 1.39. The van der Waals surface area contributed by atoms with Crippen LogP contribution >= 0.6 is 0 Å². The molecule has 0 radical (unpaired) electrons. The molecule has 10 heavy (non-hydrogen) atoms. The largest absolute Gasteiger partial charge is 0.365 e. The smallest absolute Gasteiger partial charge is 0.277 e. The number of primary amides is 1. The monoisotopic (exact) mass is 147 g/mol. The van der Waals surface area contributed by atoms with Crippen molar-refractivity contribution in [3.8, 4) is 0 Å². The Hall–Kier alpha value is -0.610. The molecule has 0 bridgehead atoms. The van der Waals surface area contributed by atoms with E-state index in [2.05, 4.69) is 0 Å². The van der Waals surface area contributed by atoms with Gasteiger partial charge in [-0.3, -0.25) is 4.79 Å². The molecule has 0 fully saturated rings. The van der Waals surface area contributed by atoms with Gasteiger partial charge in [0.05, 0.1) is 0 Å². The van der Waals surface area contributed by atoms with Crippen LogP contribution in [-0.4, -0.2) is 21.9 Å². The maximum atomic E-state index is 10.4. The van der Waals surface area contributed by atoms with E-state index in [-0.39, 0.29) is 0 Å². The summed E-state index contributed by atoms with van der Waals surface area (Å²) >= 11 is 0. The highest BCUT2D eigenvalue weighted by Gasteiger charge is 2.43. The molecule has 0 aliphatic heterocycles. The van der Waals surface area contributed by atoms with E-state index in [1.165, 1.54) is 20.8 Å². The fourth-order valence-corrected chi connectivity index (χ4v) is 0.370. The minimum absolute atomic E-state index is 0.946. The zero-order valence-corrected chi connectivity index (χ0v) is 6.38. The lowest BCUT2D eigenvalue weighted by Gasteiger charge is -2.31. The van der Waals surface area contributed by atoms with Crippen LogP contribution in [0.5, 0.6) is 0 Å². The number of rotatable bonds is 1. The Morgan fingerprint density at radius 2 is 1.60 bits per heavy atom. The van der Waals surface area contributed by atoms with Crippen molar-refractivity contribution in [3.63, 3.8) is 0 Å². The van der Waals surface area contributed by atoms with Crippen molar-refractivity contribution in [2.75, 3.05) is 0 Å². The molecule has 4 nitrogen and oxygen atoms in total. The van der Waals surface area contributed by atoms with Crippen LogP contribution in [0.25, 0.3) is 0 Å². The zero-order valence-electron chi connectivity index (χ0n) is 6.38. The lowest BCUT2D eigenvalue weighted by molar-refractivity contribution is -0.220. The molecular formula is C6H13NO3. The molecule has 0 saturated heterocycles. The lowest BCUT2D eigenvalue weighted by atomic mass is 9.85. The Kier molecular flexibility index (Phi) is 2.08. The topological polar surface area (TPSA) is 83.6 Å². The predicted molar refractivity (Wildman–Crippen MR) is 35.8 cm³/mol. The number of carbonyl (C=O) groups excluding carboxylic acids is 1. The normalized spacial score (nSPS) is 13.3. The minimum atomic E-state index is -2.42. The van der Waals surface area contributed by atoms with E-state index < -0.39 is 17.1 Å². The molecule has 0 rings (SSSR count). The summed E-state index contributed by atoms with van der Waals surface area (Å²) < 4.78 is 0. The van der Waals surface area contributed by atoms with Crippen LogP contribution < -0.4 is 5.73 Å². The van der Waals surface area contributed by atoms with Crippen LogP contribution in [0.3, 0.4) is 0 Å². The SMILES string of the molecule is CC(C)(C)C(O)(O)C(N)=O. The van der Waals surface area contributed by atoms with Gasteiger partial charge >= 0.3 is 0 Å². The van der Waals surface area contributed by atoms with Gasteiger partial charge in [0, 0.05) is 5.41 Å². The summed E-state index contributed by atoms with van der Waals surface area (Å²) in [4.78, 5) is 10.4. The molecule has 0 atom stereocenters. The molecule has 4 heteroatoms.